The topological polar surface area (TPSA) is 64.7 Å². The maximum absolute atomic E-state index is 6.19. The molecule has 0 saturated carbocycles. The number of furan rings is 1. The van der Waals surface area contributed by atoms with Crippen LogP contribution in [0.15, 0.2) is 150 Å². The third kappa shape index (κ3) is 4.41. The SMILES string of the molecule is c1ccc(-c2nc(-c3ccc4ccc(-c5ccc6ncccc6c5)cc4c3)nc(-c3cccc4oc5ccccc5c34)n2)cc1. The maximum atomic E-state index is 6.19. The summed E-state index contributed by atoms with van der Waals surface area (Å²) in [5.74, 6) is 1.85. The van der Waals surface area contributed by atoms with Crippen LogP contribution in [-0.2, 0) is 0 Å². The van der Waals surface area contributed by atoms with E-state index >= 15 is 0 Å². The number of benzene rings is 6. The first kappa shape index (κ1) is 25.3. The minimum absolute atomic E-state index is 0.606. The fourth-order valence-electron chi connectivity index (χ4n) is 6.12. The summed E-state index contributed by atoms with van der Waals surface area (Å²) >= 11 is 0. The Morgan fingerprint density at radius 2 is 1.11 bits per heavy atom. The van der Waals surface area contributed by atoms with Gasteiger partial charge in [-0.15, -0.1) is 0 Å². The van der Waals surface area contributed by atoms with Gasteiger partial charge in [-0.1, -0.05) is 97.1 Å². The lowest BCUT2D eigenvalue weighted by atomic mass is 9.98. The van der Waals surface area contributed by atoms with E-state index < -0.39 is 0 Å². The normalized spacial score (nSPS) is 11.6. The quantitative estimate of drug-likeness (QED) is 0.209. The molecular weight excluding hydrogens is 552 g/mol. The monoisotopic (exact) mass is 576 g/mol. The summed E-state index contributed by atoms with van der Waals surface area (Å²) in [5, 5.41) is 5.42. The van der Waals surface area contributed by atoms with Crippen molar-refractivity contribution < 1.29 is 4.42 Å². The van der Waals surface area contributed by atoms with Gasteiger partial charge in [0, 0.05) is 39.0 Å². The molecule has 0 N–H and O–H groups in total. The van der Waals surface area contributed by atoms with Gasteiger partial charge in [0.05, 0.1) is 5.52 Å². The van der Waals surface area contributed by atoms with Gasteiger partial charge in [0.2, 0.25) is 0 Å². The van der Waals surface area contributed by atoms with Gasteiger partial charge < -0.3 is 4.42 Å². The highest BCUT2D eigenvalue weighted by Gasteiger charge is 2.18. The Morgan fingerprint density at radius 1 is 0.422 bits per heavy atom. The maximum Gasteiger partial charge on any atom is 0.164 e. The molecule has 3 aromatic heterocycles. The molecule has 6 aromatic carbocycles. The number of pyridine rings is 1. The van der Waals surface area contributed by atoms with Crippen LogP contribution in [0.4, 0.5) is 0 Å². The molecule has 5 nitrogen and oxygen atoms in total. The third-order valence-corrected chi connectivity index (χ3v) is 8.35. The molecule has 0 amide bonds. The highest BCUT2D eigenvalue weighted by Crippen LogP contribution is 2.37. The zero-order valence-electron chi connectivity index (χ0n) is 24.1. The van der Waals surface area contributed by atoms with Crippen molar-refractivity contribution in [2.24, 2.45) is 0 Å². The molecule has 0 saturated heterocycles. The second kappa shape index (κ2) is 10.2. The van der Waals surface area contributed by atoms with E-state index in [4.69, 9.17) is 19.4 Å². The van der Waals surface area contributed by atoms with Crippen LogP contribution in [0, 0.1) is 0 Å². The van der Waals surface area contributed by atoms with Gasteiger partial charge >= 0.3 is 0 Å². The second-order valence-electron chi connectivity index (χ2n) is 11.1. The minimum Gasteiger partial charge on any atom is -0.456 e. The molecule has 0 unspecified atom stereocenters. The van der Waals surface area contributed by atoms with Crippen LogP contribution in [0.2, 0.25) is 0 Å². The summed E-state index contributed by atoms with van der Waals surface area (Å²) < 4.78 is 6.19. The smallest absolute Gasteiger partial charge is 0.164 e. The summed E-state index contributed by atoms with van der Waals surface area (Å²) in [6.45, 7) is 0. The Balaban J connectivity index is 1.22. The molecule has 0 spiro atoms. The fourth-order valence-corrected chi connectivity index (χ4v) is 6.12. The predicted molar refractivity (Wildman–Crippen MR) is 182 cm³/mol. The molecule has 3 heterocycles. The van der Waals surface area contributed by atoms with Crippen LogP contribution < -0.4 is 0 Å². The van der Waals surface area contributed by atoms with Gasteiger partial charge in [0.1, 0.15) is 11.2 Å². The van der Waals surface area contributed by atoms with Gasteiger partial charge in [-0.2, -0.15) is 0 Å². The Labute approximate surface area is 258 Å². The van der Waals surface area contributed by atoms with Crippen molar-refractivity contribution in [1.82, 2.24) is 19.9 Å². The molecule has 0 bridgehead atoms. The Bertz CT molecular complexity index is 2550. The van der Waals surface area contributed by atoms with E-state index in [-0.39, 0.29) is 0 Å². The van der Waals surface area contributed by atoms with Crippen LogP contribution in [-0.4, -0.2) is 19.9 Å². The molecule has 210 valence electrons. The first-order valence-corrected chi connectivity index (χ1v) is 14.9. The summed E-state index contributed by atoms with van der Waals surface area (Å²) in [6.07, 6.45) is 1.83. The number of hydrogen-bond acceptors (Lipinski definition) is 5. The largest absolute Gasteiger partial charge is 0.456 e. The molecule has 0 aliphatic heterocycles. The fraction of sp³-hybridized carbons (Fsp3) is 0. The van der Waals surface area contributed by atoms with Crippen LogP contribution >= 0.6 is 0 Å². The van der Waals surface area contributed by atoms with Crippen molar-refractivity contribution in [3.63, 3.8) is 0 Å². The zero-order valence-corrected chi connectivity index (χ0v) is 24.1. The molecule has 0 radical (unpaired) electrons. The number of nitrogens with zero attached hydrogens (tertiary/aromatic N) is 4. The van der Waals surface area contributed by atoms with Crippen LogP contribution in [0.1, 0.15) is 0 Å². The molecule has 9 aromatic rings. The van der Waals surface area contributed by atoms with Gasteiger partial charge in [0.25, 0.3) is 0 Å². The van der Waals surface area contributed by atoms with E-state index in [9.17, 15) is 0 Å². The van der Waals surface area contributed by atoms with E-state index in [0.717, 1.165) is 71.4 Å². The number of rotatable bonds is 4. The first-order chi connectivity index (χ1) is 22.3. The molecule has 45 heavy (non-hydrogen) atoms. The van der Waals surface area contributed by atoms with Crippen LogP contribution in [0.3, 0.4) is 0 Å². The van der Waals surface area contributed by atoms with Gasteiger partial charge in [-0.05, 0) is 64.4 Å². The number of para-hydroxylation sites is 1. The molecule has 0 fully saturated rings. The summed E-state index contributed by atoms with van der Waals surface area (Å²) in [6, 6.07) is 47.6. The standard InChI is InChI=1S/C40H24N4O/c1-2-8-26(9-3-1)38-42-39(44-40(43-38)33-12-6-14-36-37(33)32-11-4-5-13-35(32)45-36)30-18-16-25-15-17-27(23-31(25)24-30)28-19-20-34-29(22-28)10-7-21-41-34/h1-24H. The lowest BCUT2D eigenvalue weighted by Gasteiger charge is -2.10. The van der Waals surface area contributed by atoms with E-state index in [1.54, 1.807) is 0 Å². The average Bonchev–Trinajstić information content (AvgIpc) is 3.50. The summed E-state index contributed by atoms with van der Waals surface area (Å²) in [5.41, 5.74) is 7.69. The van der Waals surface area contributed by atoms with E-state index in [2.05, 4.69) is 77.8 Å². The van der Waals surface area contributed by atoms with Crippen molar-refractivity contribution in [3.8, 4) is 45.3 Å². The van der Waals surface area contributed by atoms with E-state index in [0.29, 0.717) is 17.5 Å². The minimum atomic E-state index is 0.606. The number of aromatic nitrogens is 4. The molecule has 0 aliphatic rings. The van der Waals surface area contributed by atoms with E-state index in [1.165, 1.54) is 0 Å². The Hall–Kier alpha value is -6.20. The number of hydrogen-bond donors (Lipinski definition) is 0. The lowest BCUT2D eigenvalue weighted by molar-refractivity contribution is 0.669. The van der Waals surface area contributed by atoms with Crippen LogP contribution in [0.5, 0.6) is 0 Å². The molecule has 0 atom stereocenters. The highest BCUT2D eigenvalue weighted by atomic mass is 16.3. The van der Waals surface area contributed by atoms with Crippen molar-refractivity contribution in [2.75, 3.05) is 0 Å². The third-order valence-electron chi connectivity index (χ3n) is 8.35. The average molecular weight is 577 g/mol. The second-order valence-corrected chi connectivity index (χ2v) is 11.1. The lowest BCUT2D eigenvalue weighted by Crippen LogP contribution is -2.00. The Morgan fingerprint density at radius 3 is 2.00 bits per heavy atom. The predicted octanol–water partition coefficient (Wildman–Crippen LogP) is 10.1. The molecule has 0 aliphatic carbocycles. The molecular formula is C40H24N4O. The number of fused-ring (bicyclic) bond motifs is 5. The van der Waals surface area contributed by atoms with Crippen molar-refractivity contribution >= 4 is 43.6 Å². The summed E-state index contributed by atoms with van der Waals surface area (Å²) in [7, 11) is 0. The Kier molecular flexibility index (Phi) is 5.74. The zero-order chi connectivity index (χ0) is 29.7. The molecule has 5 heteroatoms. The van der Waals surface area contributed by atoms with Crippen molar-refractivity contribution in [2.45, 2.75) is 0 Å². The van der Waals surface area contributed by atoms with Gasteiger partial charge in [-0.25, -0.2) is 15.0 Å². The summed E-state index contributed by atoms with van der Waals surface area (Å²) in [4.78, 5) is 19.6. The van der Waals surface area contributed by atoms with Gasteiger partial charge in [0.15, 0.2) is 17.5 Å². The highest BCUT2D eigenvalue weighted by molar-refractivity contribution is 6.11. The van der Waals surface area contributed by atoms with Gasteiger partial charge in [-0.3, -0.25) is 4.98 Å². The van der Waals surface area contributed by atoms with E-state index in [1.807, 2.05) is 72.9 Å². The van der Waals surface area contributed by atoms with Crippen LogP contribution in [0.25, 0.3) is 88.9 Å². The van der Waals surface area contributed by atoms with Crippen molar-refractivity contribution in [1.29, 1.82) is 0 Å². The molecule has 9 rings (SSSR count). The van der Waals surface area contributed by atoms with Crippen molar-refractivity contribution in [3.05, 3.63) is 146 Å². The first-order valence-electron chi connectivity index (χ1n) is 14.9.